The minimum Gasteiger partial charge on any atom is -0.497 e. The molecule has 230 valence electrons. The lowest BCUT2D eigenvalue weighted by molar-refractivity contribution is -0.153. The summed E-state index contributed by atoms with van der Waals surface area (Å²) in [5.41, 5.74) is 1.48. The summed E-state index contributed by atoms with van der Waals surface area (Å²) in [7, 11) is 1.59. The van der Waals surface area contributed by atoms with Crippen LogP contribution in [0.25, 0.3) is 11.0 Å². The first-order valence-corrected chi connectivity index (χ1v) is 15.5. The first-order chi connectivity index (χ1) is 20.6. The molecular weight excluding hydrogens is 548 g/mol. The van der Waals surface area contributed by atoms with Gasteiger partial charge in [-0.25, -0.2) is 9.97 Å². The second-order valence-electron chi connectivity index (χ2n) is 13.2. The molecule has 2 fully saturated rings. The highest BCUT2D eigenvalue weighted by Gasteiger charge is 2.49. The molecule has 1 aromatic carbocycles. The van der Waals surface area contributed by atoms with Crippen molar-refractivity contribution >= 4 is 29.2 Å². The van der Waals surface area contributed by atoms with Crippen molar-refractivity contribution in [3.8, 4) is 17.7 Å². The number of benzene rings is 1. The summed E-state index contributed by atoms with van der Waals surface area (Å²) in [6, 6.07) is 6.82. The third-order valence-corrected chi connectivity index (χ3v) is 9.17. The van der Waals surface area contributed by atoms with Crippen LogP contribution < -0.4 is 9.47 Å². The second-order valence-corrected chi connectivity index (χ2v) is 13.2. The van der Waals surface area contributed by atoms with Gasteiger partial charge in [0.2, 0.25) is 11.8 Å². The molecule has 2 aromatic rings. The molecule has 1 amide bonds. The Morgan fingerprint density at radius 3 is 2.60 bits per heavy atom. The van der Waals surface area contributed by atoms with Crippen LogP contribution in [0.3, 0.4) is 0 Å². The van der Waals surface area contributed by atoms with Gasteiger partial charge in [-0.15, -0.1) is 0 Å². The molecule has 0 spiro atoms. The number of carbonyl (C=O) groups is 3. The quantitative estimate of drug-likeness (QED) is 0.365. The molecule has 5 rings (SSSR count). The number of aryl methyl sites for hydroxylation is 1. The van der Waals surface area contributed by atoms with Gasteiger partial charge in [-0.2, -0.15) is 5.26 Å². The predicted octanol–water partition coefficient (Wildman–Crippen LogP) is 4.82. The maximum atomic E-state index is 14.1. The highest BCUT2D eigenvalue weighted by Crippen LogP contribution is 2.41. The highest BCUT2D eigenvalue weighted by molar-refractivity contribution is 5.87. The van der Waals surface area contributed by atoms with Gasteiger partial charge in [0, 0.05) is 18.4 Å². The van der Waals surface area contributed by atoms with Crippen LogP contribution in [0.4, 0.5) is 0 Å². The number of aldehydes is 1. The Morgan fingerprint density at radius 1 is 1.09 bits per heavy atom. The van der Waals surface area contributed by atoms with E-state index in [1.807, 2.05) is 32.9 Å². The zero-order chi connectivity index (χ0) is 30.7. The van der Waals surface area contributed by atoms with E-state index in [4.69, 9.17) is 24.2 Å². The van der Waals surface area contributed by atoms with Crippen molar-refractivity contribution in [1.82, 2.24) is 14.9 Å². The Kier molecular flexibility index (Phi) is 9.19. The van der Waals surface area contributed by atoms with Crippen molar-refractivity contribution in [2.45, 2.75) is 96.8 Å². The minimum atomic E-state index is -0.867. The van der Waals surface area contributed by atoms with Crippen molar-refractivity contribution in [3.63, 3.8) is 0 Å². The van der Waals surface area contributed by atoms with Crippen LogP contribution in [0, 0.1) is 34.5 Å². The number of nitrogens with zero attached hydrogens (tertiary/aromatic N) is 4. The monoisotopic (exact) mass is 590 g/mol. The molecule has 2 bridgehead atoms. The van der Waals surface area contributed by atoms with Crippen LogP contribution in [-0.2, 0) is 25.5 Å². The van der Waals surface area contributed by atoms with E-state index in [9.17, 15) is 19.6 Å². The van der Waals surface area contributed by atoms with Crippen LogP contribution in [0.1, 0.15) is 77.8 Å². The SMILES string of the molecule is COc1ccc2nc3c(nc2c1)O[C@H]1CN(C(=O)[C@H](C(C)(C)C)CC(=O)O[C@@H]2C[C@H]2CCCCCC3)[C@H](C=O)[C@@H]1CC#N. The largest absolute Gasteiger partial charge is 0.497 e. The zero-order valence-electron chi connectivity index (χ0n) is 25.6. The molecule has 1 aromatic heterocycles. The van der Waals surface area contributed by atoms with Crippen LogP contribution in [-0.4, -0.2) is 64.9 Å². The van der Waals surface area contributed by atoms with Crippen LogP contribution in [0.2, 0.25) is 0 Å². The Balaban J connectivity index is 1.52. The summed E-state index contributed by atoms with van der Waals surface area (Å²) in [4.78, 5) is 50.8. The summed E-state index contributed by atoms with van der Waals surface area (Å²) >= 11 is 0. The van der Waals surface area contributed by atoms with Gasteiger partial charge in [0.05, 0.1) is 49.1 Å². The van der Waals surface area contributed by atoms with Crippen LogP contribution in [0.15, 0.2) is 18.2 Å². The molecule has 2 aliphatic heterocycles. The zero-order valence-corrected chi connectivity index (χ0v) is 25.6. The van der Waals surface area contributed by atoms with Gasteiger partial charge in [-0.05, 0) is 49.1 Å². The molecule has 10 heteroatoms. The van der Waals surface area contributed by atoms with Gasteiger partial charge < -0.3 is 23.9 Å². The van der Waals surface area contributed by atoms with E-state index in [1.54, 1.807) is 13.2 Å². The molecule has 10 nitrogen and oxygen atoms in total. The molecular formula is C33H42N4O6. The van der Waals surface area contributed by atoms with Crippen molar-refractivity contribution in [2.24, 2.45) is 23.2 Å². The van der Waals surface area contributed by atoms with Gasteiger partial charge in [-0.3, -0.25) is 9.59 Å². The van der Waals surface area contributed by atoms with E-state index in [0.29, 0.717) is 35.2 Å². The van der Waals surface area contributed by atoms with E-state index in [-0.39, 0.29) is 37.4 Å². The number of nitriles is 1. The summed E-state index contributed by atoms with van der Waals surface area (Å²) < 4.78 is 17.7. The summed E-state index contributed by atoms with van der Waals surface area (Å²) in [5.74, 6) is -0.586. The third kappa shape index (κ3) is 6.92. The first kappa shape index (κ1) is 30.7. The summed E-state index contributed by atoms with van der Waals surface area (Å²) in [6.07, 6.45) is 6.54. The number of fused-ring (bicyclic) bond motifs is 5. The van der Waals surface area contributed by atoms with Crippen LogP contribution >= 0.6 is 0 Å². The number of carbonyl (C=O) groups excluding carboxylic acids is 3. The fourth-order valence-corrected chi connectivity index (χ4v) is 6.45. The van der Waals surface area contributed by atoms with E-state index in [1.165, 1.54) is 4.90 Å². The number of amides is 1. The number of methoxy groups -OCH3 is 1. The third-order valence-electron chi connectivity index (χ3n) is 9.17. The number of hydrogen-bond donors (Lipinski definition) is 0. The summed E-state index contributed by atoms with van der Waals surface area (Å²) in [6.45, 7) is 5.83. The predicted molar refractivity (Wildman–Crippen MR) is 158 cm³/mol. The number of esters is 1. The molecule has 0 N–H and O–H groups in total. The molecule has 3 heterocycles. The Bertz CT molecular complexity index is 1400. The van der Waals surface area contributed by atoms with E-state index < -0.39 is 29.4 Å². The minimum absolute atomic E-state index is 0.0211. The number of rotatable bonds is 3. The Morgan fingerprint density at radius 2 is 1.88 bits per heavy atom. The lowest BCUT2D eigenvalue weighted by Gasteiger charge is -2.34. The van der Waals surface area contributed by atoms with Gasteiger partial charge in [0.15, 0.2) is 0 Å². The average molecular weight is 591 g/mol. The second kappa shape index (κ2) is 12.9. The highest BCUT2D eigenvalue weighted by atomic mass is 16.5. The molecule has 3 aliphatic rings. The van der Waals surface area contributed by atoms with Crippen molar-refractivity contribution in [1.29, 1.82) is 5.26 Å². The average Bonchev–Trinajstić information content (AvgIpc) is 3.61. The lowest BCUT2D eigenvalue weighted by atomic mass is 9.77. The maximum Gasteiger partial charge on any atom is 0.306 e. The molecule has 6 atom stereocenters. The summed E-state index contributed by atoms with van der Waals surface area (Å²) in [5, 5.41) is 9.69. The van der Waals surface area contributed by atoms with Crippen molar-refractivity contribution < 1.29 is 28.6 Å². The van der Waals surface area contributed by atoms with Gasteiger partial charge in [0.25, 0.3) is 0 Å². The maximum absolute atomic E-state index is 14.1. The van der Waals surface area contributed by atoms with Gasteiger partial charge in [0.1, 0.15) is 29.9 Å². The first-order valence-electron chi connectivity index (χ1n) is 15.5. The Hall–Kier alpha value is -3.74. The van der Waals surface area contributed by atoms with Gasteiger partial charge in [-0.1, -0.05) is 40.0 Å². The topological polar surface area (TPSA) is 132 Å². The lowest BCUT2D eigenvalue weighted by Crippen LogP contribution is -2.46. The Labute approximate surface area is 253 Å². The molecule has 43 heavy (non-hydrogen) atoms. The standard InChI is InChI=1S/C33H42N4O6/c1-33(2,3)23-17-30(39)42-28-15-20(28)9-7-5-6-8-10-25-31(36-26-16-21(41-4)11-12-24(26)35-25)43-29-18-37(32(23)40)27(19-38)22(29)13-14-34/h11-12,16,19-20,22-23,27-29H,5-10,13,15,17-18H2,1-4H3/t20-,22+,23-,27-,28-,29+/m1/s1. The molecule has 1 saturated heterocycles. The molecule has 1 saturated carbocycles. The van der Waals surface area contributed by atoms with E-state index in [0.717, 1.165) is 50.3 Å². The molecule has 0 unspecified atom stereocenters. The van der Waals surface area contributed by atoms with Crippen molar-refractivity contribution in [3.05, 3.63) is 23.9 Å². The number of hydrogen-bond acceptors (Lipinski definition) is 9. The molecule has 0 radical (unpaired) electrons. The number of ether oxygens (including phenoxy) is 3. The number of aromatic nitrogens is 2. The fraction of sp³-hybridized carbons (Fsp3) is 0.636. The van der Waals surface area contributed by atoms with Crippen LogP contribution in [0.5, 0.6) is 11.6 Å². The van der Waals surface area contributed by atoms with Gasteiger partial charge >= 0.3 is 5.97 Å². The van der Waals surface area contributed by atoms with E-state index in [2.05, 4.69) is 6.07 Å². The molecule has 1 aliphatic carbocycles. The fourth-order valence-electron chi connectivity index (χ4n) is 6.45. The smallest absolute Gasteiger partial charge is 0.306 e. The van der Waals surface area contributed by atoms with E-state index >= 15 is 0 Å². The normalized spacial score (nSPS) is 28.7. The van der Waals surface area contributed by atoms with Crippen molar-refractivity contribution in [2.75, 3.05) is 13.7 Å².